The topological polar surface area (TPSA) is 86.5 Å². The molecule has 1 aliphatic rings. The zero-order valence-corrected chi connectivity index (χ0v) is 11.5. The molecule has 2 aromatic rings. The van der Waals surface area contributed by atoms with Gasteiger partial charge in [-0.15, -0.1) is 0 Å². The Balaban J connectivity index is 1.68. The Labute approximate surface area is 121 Å². The van der Waals surface area contributed by atoms with Gasteiger partial charge >= 0.3 is 0 Å². The van der Waals surface area contributed by atoms with Gasteiger partial charge in [0, 0.05) is 30.3 Å². The summed E-state index contributed by atoms with van der Waals surface area (Å²) in [5.74, 6) is 1.12. The number of nitrogens with zero attached hydrogens (tertiary/aromatic N) is 2. The van der Waals surface area contributed by atoms with Crippen LogP contribution in [0.1, 0.15) is 22.5 Å². The van der Waals surface area contributed by atoms with Crippen LogP contribution in [0.5, 0.6) is 5.88 Å². The predicted molar refractivity (Wildman–Crippen MR) is 73.3 cm³/mol. The maximum Gasteiger partial charge on any atom is 0.257 e. The monoisotopic (exact) mass is 289 g/mol. The first-order chi connectivity index (χ1) is 10.2. The highest BCUT2D eigenvalue weighted by Gasteiger charge is 2.18. The molecular weight excluding hydrogens is 274 g/mol. The minimum atomic E-state index is -0.293. The average Bonchev–Trinajstić information content (AvgIpc) is 3.11. The van der Waals surface area contributed by atoms with E-state index in [2.05, 4.69) is 15.5 Å². The van der Waals surface area contributed by atoms with Gasteiger partial charge in [0.1, 0.15) is 11.9 Å². The smallest absolute Gasteiger partial charge is 0.257 e. The Bertz CT molecular complexity index is 635. The van der Waals surface area contributed by atoms with Crippen molar-refractivity contribution in [2.24, 2.45) is 0 Å². The molecule has 1 unspecified atom stereocenters. The van der Waals surface area contributed by atoms with Gasteiger partial charge in [0.2, 0.25) is 5.88 Å². The number of aromatic nitrogens is 2. The number of anilines is 1. The lowest BCUT2D eigenvalue weighted by atomic mass is 10.2. The third kappa shape index (κ3) is 3.38. The van der Waals surface area contributed by atoms with E-state index in [1.165, 1.54) is 6.20 Å². The number of hydrogen-bond donors (Lipinski definition) is 1. The van der Waals surface area contributed by atoms with E-state index in [1.807, 2.05) is 0 Å². The van der Waals surface area contributed by atoms with Crippen LogP contribution in [0.4, 0.5) is 5.82 Å². The second-order valence-corrected chi connectivity index (χ2v) is 4.76. The Morgan fingerprint density at radius 1 is 1.48 bits per heavy atom. The van der Waals surface area contributed by atoms with Crippen molar-refractivity contribution in [3.05, 3.63) is 35.7 Å². The highest BCUT2D eigenvalue weighted by molar-refractivity contribution is 6.03. The summed E-state index contributed by atoms with van der Waals surface area (Å²) < 4.78 is 15.8. The van der Waals surface area contributed by atoms with E-state index < -0.39 is 0 Å². The Hall–Kier alpha value is -2.41. The van der Waals surface area contributed by atoms with Crippen molar-refractivity contribution < 1.29 is 18.8 Å². The lowest BCUT2D eigenvalue weighted by Gasteiger charge is -2.11. The summed E-state index contributed by atoms with van der Waals surface area (Å²) in [5, 5.41) is 6.36. The first kappa shape index (κ1) is 13.6. The van der Waals surface area contributed by atoms with Gasteiger partial charge in [-0.25, -0.2) is 4.98 Å². The van der Waals surface area contributed by atoms with E-state index in [0.717, 1.165) is 6.42 Å². The lowest BCUT2D eigenvalue weighted by Crippen LogP contribution is -2.17. The number of nitrogens with one attached hydrogen (secondary N) is 1. The SMILES string of the molecule is Cc1cc(NC(=O)c2ccnc(OC3CCOC3)c2)no1. The molecule has 3 heterocycles. The van der Waals surface area contributed by atoms with Crippen LogP contribution in [0.15, 0.2) is 28.9 Å². The van der Waals surface area contributed by atoms with E-state index in [9.17, 15) is 4.79 Å². The summed E-state index contributed by atoms with van der Waals surface area (Å²) in [6.07, 6.45) is 2.36. The molecule has 2 aromatic heterocycles. The molecule has 3 rings (SSSR count). The van der Waals surface area contributed by atoms with Gasteiger partial charge in [-0.2, -0.15) is 0 Å². The quantitative estimate of drug-likeness (QED) is 0.923. The van der Waals surface area contributed by atoms with Crippen LogP contribution >= 0.6 is 0 Å². The van der Waals surface area contributed by atoms with Crippen molar-refractivity contribution in [3.8, 4) is 5.88 Å². The van der Waals surface area contributed by atoms with Gasteiger partial charge in [0.15, 0.2) is 5.82 Å². The van der Waals surface area contributed by atoms with Crippen molar-refractivity contribution >= 4 is 11.7 Å². The fraction of sp³-hybridized carbons (Fsp3) is 0.357. The fourth-order valence-electron chi connectivity index (χ4n) is 2.01. The van der Waals surface area contributed by atoms with E-state index in [0.29, 0.717) is 36.2 Å². The van der Waals surface area contributed by atoms with Crippen molar-refractivity contribution in [3.63, 3.8) is 0 Å². The van der Waals surface area contributed by atoms with E-state index in [4.69, 9.17) is 14.0 Å². The number of amides is 1. The molecule has 0 aliphatic carbocycles. The average molecular weight is 289 g/mol. The summed E-state index contributed by atoms with van der Waals surface area (Å²) in [6.45, 7) is 3.00. The summed E-state index contributed by atoms with van der Waals surface area (Å²) in [7, 11) is 0. The Kier molecular flexibility index (Phi) is 3.83. The summed E-state index contributed by atoms with van der Waals surface area (Å²) in [5.41, 5.74) is 0.444. The molecule has 1 aliphatic heterocycles. The van der Waals surface area contributed by atoms with E-state index in [1.54, 1.807) is 25.1 Å². The molecule has 1 fully saturated rings. The van der Waals surface area contributed by atoms with Crippen LogP contribution < -0.4 is 10.1 Å². The number of pyridine rings is 1. The normalized spacial score (nSPS) is 17.7. The molecule has 0 saturated carbocycles. The van der Waals surface area contributed by atoms with Crippen LogP contribution in [0.3, 0.4) is 0 Å². The highest BCUT2D eigenvalue weighted by Crippen LogP contribution is 2.16. The number of hydrogen-bond acceptors (Lipinski definition) is 6. The second-order valence-electron chi connectivity index (χ2n) is 4.76. The van der Waals surface area contributed by atoms with Gasteiger partial charge in [-0.3, -0.25) is 4.79 Å². The van der Waals surface area contributed by atoms with Crippen LogP contribution in [0.2, 0.25) is 0 Å². The number of ether oxygens (including phenoxy) is 2. The van der Waals surface area contributed by atoms with E-state index in [-0.39, 0.29) is 12.0 Å². The maximum absolute atomic E-state index is 12.1. The third-order valence-electron chi connectivity index (χ3n) is 3.04. The van der Waals surface area contributed by atoms with Crippen LogP contribution in [-0.4, -0.2) is 35.4 Å². The molecule has 7 nitrogen and oxygen atoms in total. The third-order valence-corrected chi connectivity index (χ3v) is 3.04. The first-order valence-corrected chi connectivity index (χ1v) is 6.66. The Morgan fingerprint density at radius 3 is 3.10 bits per heavy atom. The van der Waals surface area contributed by atoms with Crippen LogP contribution in [0, 0.1) is 6.92 Å². The summed E-state index contributed by atoms with van der Waals surface area (Å²) in [6, 6.07) is 4.85. The number of rotatable bonds is 4. The number of carbonyl (C=O) groups is 1. The molecule has 1 atom stereocenters. The summed E-state index contributed by atoms with van der Waals surface area (Å²) in [4.78, 5) is 16.2. The van der Waals surface area contributed by atoms with Crippen molar-refractivity contribution in [2.75, 3.05) is 18.5 Å². The molecule has 1 amide bonds. The number of aryl methyl sites for hydroxylation is 1. The molecule has 7 heteroatoms. The lowest BCUT2D eigenvalue weighted by molar-refractivity contribution is 0.102. The molecular formula is C14H15N3O4. The summed E-state index contributed by atoms with van der Waals surface area (Å²) >= 11 is 0. The van der Waals surface area contributed by atoms with Gasteiger partial charge < -0.3 is 19.3 Å². The molecule has 0 aromatic carbocycles. The number of carbonyl (C=O) groups excluding carboxylic acids is 1. The van der Waals surface area contributed by atoms with Gasteiger partial charge in [0.25, 0.3) is 5.91 Å². The molecule has 21 heavy (non-hydrogen) atoms. The Morgan fingerprint density at radius 2 is 2.38 bits per heavy atom. The standard InChI is InChI=1S/C14H15N3O4/c1-9-6-12(17-21-9)16-14(18)10-2-4-15-13(7-10)20-11-3-5-19-8-11/h2,4,6-7,11H,3,5,8H2,1H3,(H,16,17,18). The first-order valence-electron chi connectivity index (χ1n) is 6.66. The fourth-order valence-corrected chi connectivity index (χ4v) is 2.01. The van der Waals surface area contributed by atoms with Crippen molar-refractivity contribution in [1.82, 2.24) is 10.1 Å². The molecule has 0 radical (unpaired) electrons. The molecule has 0 spiro atoms. The second kappa shape index (κ2) is 5.92. The van der Waals surface area contributed by atoms with Crippen molar-refractivity contribution in [2.45, 2.75) is 19.4 Å². The van der Waals surface area contributed by atoms with Crippen molar-refractivity contribution in [1.29, 1.82) is 0 Å². The molecule has 1 saturated heterocycles. The molecule has 1 N–H and O–H groups in total. The van der Waals surface area contributed by atoms with Gasteiger partial charge in [-0.05, 0) is 13.0 Å². The zero-order valence-electron chi connectivity index (χ0n) is 11.5. The van der Waals surface area contributed by atoms with E-state index >= 15 is 0 Å². The predicted octanol–water partition coefficient (Wildman–Crippen LogP) is 1.80. The van der Waals surface area contributed by atoms with Crippen LogP contribution in [0.25, 0.3) is 0 Å². The maximum atomic E-state index is 12.1. The minimum absolute atomic E-state index is 0.00555. The van der Waals surface area contributed by atoms with Gasteiger partial charge in [-0.1, -0.05) is 5.16 Å². The largest absolute Gasteiger partial charge is 0.472 e. The zero-order chi connectivity index (χ0) is 14.7. The molecule has 0 bridgehead atoms. The van der Waals surface area contributed by atoms with Crippen LogP contribution in [-0.2, 0) is 4.74 Å². The molecule has 110 valence electrons. The highest BCUT2D eigenvalue weighted by atomic mass is 16.5. The van der Waals surface area contributed by atoms with Gasteiger partial charge in [0.05, 0.1) is 13.2 Å². The minimum Gasteiger partial charge on any atom is -0.472 e.